The van der Waals surface area contributed by atoms with Gasteiger partial charge in [0, 0.05) is 12.2 Å². The smallest absolute Gasteiger partial charge is 0.332 e. The van der Waals surface area contributed by atoms with Gasteiger partial charge in [-0.2, -0.15) is 0 Å². The summed E-state index contributed by atoms with van der Waals surface area (Å²) in [5.74, 6) is -0.258. The van der Waals surface area contributed by atoms with E-state index in [1.54, 1.807) is 19.9 Å². The first-order chi connectivity index (χ1) is 10.9. The standard InChI is InChI=1S/C14H24N3O5P/c1-4-21-23(19,22-5-2)9-8-17-14(18)12-10(15)6-7-11(16)13(12)20-3/h6-7H,4-5,8-9,15-16H2,1-3H3,(H,17,18). The van der Waals surface area contributed by atoms with Crippen LogP contribution in [0.3, 0.4) is 0 Å². The maximum absolute atomic E-state index is 12.3. The van der Waals surface area contributed by atoms with Crippen molar-refractivity contribution in [1.82, 2.24) is 5.32 Å². The molecule has 0 aliphatic carbocycles. The van der Waals surface area contributed by atoms with E-state index in [0.29, 0.717) is 5.69 Å². The number of methoxy groups -OCH3 is 1. The molecule has 1 aromatic carbocycles. The minimum absolute atomic E-state index is 0.0605. The fourth-order valence-electron chi connectivity index (χ4n) is 2.02. The second-order valence-electron chi connectivity index (χ2n) is 4.58. The van der Waals surface area contributed by atoms with Crippen LogP contribution < -0.4 is 21.5 Å². The summed E-state index contributed by atoms with van der Waals surface area (Å²) < 4.78 is 27.8. The van der Waals surface area contributed by atoms with Crippen molar-refractivity contribution in [2.24, 2.45) is 0 Å². The van der Waals surface area contributed by atoms with Gasteiger partial charge in [0.2, 0.25) is 0 Å². The molecule has 0 aliphatic heterocycles. The molecule has 1 amide bonds. The number of carbonyl (C=O) groups is 1. The van der Waals surface area contributed by atoms with Crippen LogP contribution in [-0.2, 0) is 13.6 Å². The van der Waals surface area contributed by atoms with Gasteiger partial charge in [-0.3, -0.25) is 9.36 Å². The Morgan fingerprint density at radius 3 is 2.26 bits per heavy atom. The molecule has 0 atom stereocenters. The van der Waals surface area contributed by atoms with Gasteiger partial charge in [0.15, 0.2) is 5.75 Å². The molecule has 5 N–H and O–H groups in total. The molecule has 0 unspecified atom stereocenters. The molecule has 0 aliphatic rings. The van der Waals surface area contributed by atoms with Crippen LogP contribution in [0.5, 0.6) is 5.75 Å². The molecule has 23 heavy (non-hydrogen) atoms. The van der Waals surface area contributed by atoms with Crippen molar-refractivity contribution in [3.63, 3.8) is 0 Å². The highest BCUT2D eigenvalue weighted by atomic mass is 31.2. The van der Waals surface area contributed by atoms with Gasteiger partial charge >= 0.3 is 7.60 Å². The molecule has 8 nitrogen and oxygen atoms in total. The van der Waals surface area contributed by atoms with Crippen LogP contribution in [0.1, 0.15) is 24.2 Å². The molecular weight excluding hydrogens is 321 g/mol. The van der Waals surface area contributed by atoms with Gasteiger partial charge in [-0.1, -0.05) is 0 Å². The van der Waals surface area contributed by atoms with Gasteiger partial charge in [-0.25, -0.2) is 0 Å². The van der Waals surface area contributed by atoms with E-state index in [2.05, 4.69) is 5.32 Å². The van der Waals surface area contributed by atoms with E-state index in [9.17, 15) is 9.36 Å². The highest BCUT2D eigenvalue weighted by Crippen LogP contribution is 2.47. The first kappa shape index (κ1) is 19.3. The third-order valence-electron chi connectivity index (χ3n) is 2.97. The largest absolute Gasteiger partial charge is 0.494 e. The van der Waals surface area contributed by atoms with E-state index < -0.39 is 13.5 Å². The molecule has 1 aromatic rings. The number of ether oxygens (including phenoxy) is 1. The summed E-state index contributed by atoms with van der Waals surface area (Å²) >= 11 is 0. The average Bonchev–Trinajstić information content (AvgIpc) is 2.49. The van der Waals surface area contributed by atoms with E-state index in [1.807, 2.05) is 0 Å². The van der Waals surface area contributed by atoms with Crippen LogP contribution in [0.4, 0.5) is 11.4 Å². The van der Waals surface area contributed by atoms with E-state index in [-0.39, 0.29) is 42.9 Å². The highest BCUT2D eigenvalue weighted by Gasteiger charge is 2.24. The number of nitrogens with one attached hydrogen (secondary N) is 1. The number of amides is 1. The van der Waals surface area contributed by atoms with Gasteiger partial charge < -0.3 is 30.6 Å². The maximum Gasteiger partial charge on any atom is 0.332 e. The van der Waals surface area contributed by atoms with E-state index >= 15 is 0 Å². The third kappa shape index (κ3) is 5.13. The Kier molecular flexibility index (Phi) is 7.35. The number of rotatable bonds is 9. The van der Waals surface area contributed by atoms with Crippen LogP contribution in [-0.4, -0.2) is 38.9 Å². The summed E-state index contributed by atoms with van der Waals surface area (Å²) in [6.07, 6.45) is 0.0605. The van der Waals surface area contributed by atoms with Gasteiger partial charge in [-0.05, 0) is 26.0 Å². The van der Waals surface area contributed by atoms with Crippen molar-refractivity contribution in [1.29, 1.82) is 0 Å². The molecule has 1 rings (SSSR count). The summed E-state index contributed by atoms with van der Waals surface area (Å²) in [5, 5.41) is 2.63. The normalized spacial score (nSPS) is 11.3. The Hall–Kier alpha value is -1.76. The van der Waals surface area contributed by atoms with Crippen LogP contribution in [0, 0.1) is 0 Å². The molecule has 0 saturated carbocycles. The summed E-state index contributed by atoms with van der Waals surface area (Å²) in [7, 11) is -1.81. The molecule has 0 heterocycles. The van der Waals surface area contributed by atoms with Gasteiger partial charge in [0.05, 0.1) is 32.2 Å². The number of benzene rings is 1. The Bertz CT molecular complexity index is 584. The SMILES string of the molecule is CCOP(=O)(CCNC(=O)c1c(N)ccc(N)c1OC)OCC. The van der Waals surface area contributed by atoms with Crippen molar-refractivity contribution >= 4 is 24.9 Å². The van der Waals surface area contributed by atoms with Gasteiger partial charge in [0.1, 0.15) is 5.56 Å². The fraction of sp³-hybridized carbons (Fsp3) is 0.500. The molecule has 130 valence electrons. The van der Waals surface area contributed by atoms with Crippen LogP contribution in [0.25, 0.3) is 0 Å². The summed E-state index contributed by atoms with van der Waals surface area (Å²) in [4.78, 5) is 12.3. The molecule has 0 spiro atoms. The Morgan fingerprint density at radius 1 is 1.17 bits per heavy atom. The molecule has 0 aromatic heterocycles. The lowest BCUT2D eigenvalue weighted by Crippen LogP contribution is -2.28. The second-order valence-corrected chi connectivity index (χ2v) is 6.76. The number of hydrogen-bond donors (Lipinski definition) is 3. The van der Waals surface area contributed by atoms with Crippen molar-refractivity contribution in [3.05, 3.63) is 17.7 Å². The molecule has 9 heteroatoms. The summed E-state index contributed by atoms with van der Waals surface area (Å²) in [5.41, 5.74) is 12.3. The summed E-state index contributed by atoms with van der Waals surface area (Å²) in [6.45, 7) is 4.08. The maximum atomic E-state index is 12.3. The topological polar surface area (TPSA) is 126 Å². The molecular formula is C14H24N3O5P. The monoisotopic (exact) mass is 345 g/mol. The highest BCUT2D eigenvalue weighted by molar-refractivity contribution is 7.53. The molecule has 0 saturated heterocycles. The zero-order valence-electron chi connectivity index (χ0n) is 13.6. The number of hydrogen-bond acceptors (Lipinski definition) is 7. The Balaban J connectivity index is 2.78. The Morgan fingerprint density at radius 2 is 1.74 bits per heavy atom. The quantitative estimate of drug-likeness (QED) is 0.460. The Labute approximate surface area is 136 Å². The number of anilines is 2. The van der Waals surface area contributed by atoms with Crippen LogP contribution >= 0.6 is 7.60 Å². The lowest BCUT2D eigenvalue weighted by molar-refractivity contribution is 0.0953. The lowest BCUT2D eigenvalue weighted by Gasteiger charge is -2.18. The average molecular weight is 345 g/mol. The van der Waals surface area contributed by atoms with Crippen molar-refractivity contribution < 1.29 is 23.1 Å². The molecule has 0 bridgehead atoms. The van der Waals surface area contributed by atoms with Crippen LogP contribution in [0.15, 0.2) is 12.1 Å². The van der Waals surface area contributed by atoms with E-state index in [0.717, 1.165) is 0 Å². The minimum Gasteiger partial charge on any atom is -0.494 e. The first-order valence-electron chi connectivity index (χ1n) is 7.26. The van der Waals surface area contributed by atoms with Crippen LogP contribution in [0.2, 0.25) is 0 Å². The van der Waals surface area contributed by atoms with E-state index in [1.165, 1.54) is 13.2 Å². The zero-order chi connectivity index (χ0) is 17.5. The molecule has 0 radical (unpaired) electrons. The van der Waals surface area contributed by atoms with Crippen molar-refractivity contribution in [3.8, 4) is 5.75 Å². The first-order valence-corrected chi connectivity index (χ1v) is 8.99. The third-order valence-corrected chi connectivity index (χ3v) is 5.05. The number of nitrogens with two attached hydrogens (primary N) is 2. The minimum atomic E-state index is -3.21. The van der Waals surface area contributed by atoms with Gasteiger partial charge in [0.25, 0.3) is 5.91 Å². The van der Waals surface area contributed by atoms with E-state index in [4.69, 9.17) is 25.3 Å². The predicted octanol–water partition coefficient (Wildman–Crippen LogP) is 1.86. The summed E-state index contributed by atoms with van der Waals surface area (Å²) in [6, 6.07) is 3.08. The zero-order valence-corrected chi connectivity index (χ0v) is 14.5. The van der Waals surface area contributed by atoms with Gasteiger partial charge in [-0.15, -0.1) is 0 Å². The van der Waals surface area contributed by atoms with Crippen molar-refractivity contribution in [2.45, 2.75) is 13.8 Å². The number of nitrogen functional groups attached to an aromatic ring is 2. The lowest BCUT2D eigenvalue weighted by atomic mass is 10.1. The predicted molar refractivity (Wildman–Crippen MR) is 89.9 cm³/mol. The van der Waals surface area contributed by atoms with Crippen molar-refractivity contribution in [2.75, 3.05) is 44.5 Å². The number of carbonyl (C=O) groups excluding carboxylic acids is 1. The molecule has 0 fully saturated rings. The second kappa shape index (κ2) is 8.76. The fourth-order valence-corrected chi connectivity index (χ4v) is 3.53.